The molecule has 1 unspecified atom stereocenters. The highest BCUT2D eigenvalue weighted by Crippen LogP contribution is 2.46. The molecule has 4 nitrogen and oxygen atoms in total. The minimum Gasteiger partial charge on any atom is -0.478 e. The molecule has 1 fully saturated rings. The standard InChI is InChI=1S/C11H14N2O2/c1-11(2)5-9(11)13-8-6-12-4-3-7(8)10(14)15/h3-4,6,9,13H,5H2,1-2H3,(H,14,15). The zero-order chi connectivity index (χ0) is 11.1. The summed E-state index contributed by atoms with van der Waals surface area (Å²) in [5.74, 6) is -0.918. The predicted octanol–water partition coefficient (Wildman–Crippen LogP) is 1.99. The van der Waals surface area contributed by atoms with Crippen molar-refractivity contribution in [3.05, 3.63) is 24.0 Å². The van der Waals surface area contributed by atoms with E-state index in [-0.39, 0.29) is 11.0 Å². The van der Waals surface area contributed by atoms with E-state index in [2.05, 4.69) is 24.1 Å². The SMILES string of the molecule is CC1(C)CC1Nc1cnccc1C(=O)O. The quantitative estimate of drug-likeness (QED) is 0.793. The molecule has 1 heterocycles. The fraction of sp³-hybridized carbons (Fsp3) is 0.455. The van der Waals surface area contributed by atoms with Gasteiger partial charge in [-0.1, -0.05) is 13.8 Å². The summed E-state index contributed by atoms with van der Waals surface area (Å²) in [6.07, 6.45) is 4.13. The van der Waals surface area contributed by atoms with Gasteiger partial charge >= 0.3 is 5.97 Å². The van der Waals surface area contributed by atoms with Crippen molar-refractivity contribution >= 4 is 11.7 Å². The third-order valence-electron chi connectivity index (χ3n) is 2.89. The third kappa shape index (κ3) is 1.93. The molecule has 2 rings (SSSR count). The molecule has 0 saturated heterocycles. The minimum absolute atomic E-state index is 0.269. The van der Waals surface area contributed by atoms with Crippen LogP contribution in [0.5, 0.6) is 0 Å². The van der Waals surface area contributed by atoms with Gasteiger partial charge in [0.2, 0.25) is 0 Å². The highest BCUT2D eigenvalue weighted by atomic mass is 16.4. The van der Waals surface area contributed by atoms with Gasteiger partial charge in [0, 0.05) is 12.2 Å². The molecular formula is C11H14N2O2. The number of nitrogens with zero attached hydrogens (tertiary/aromatic N) is 1. The van der Waals surface area contributed by atoms with Crippen LogP contribution in [0.3, 0.4) is 0 Å². The molecule has 1 aliphatic rings. The molecule has 1 aliphatic carbocycles. The van der Waals surface area contributed by atoms with Gasteiger partial charge < -0.3 is 10.4 Å². The summed E-state index contributed by atoms with van der Waals surface area (Å²) >= 11 is 0. The Hall–Kier alpha value is -1.58. The molecule has 2 N–H and O–H groups in total. The normalized spacial score (nSPS) is 22.1. The number of hydrogen-bond donors (Lipinski definition) is 2. The number of rotatable bonds is 3. The van der Waals surface area contributed by atoms with Gasteiger partial charge in [0.05, 0.1) is 17.4 Å². The van der Waals surface area contributed by atoms with Gasteiger partial charge in [0.15, 0.2) is 0 Å². The topological polar surface area (TPSA) is 62.2 Å². The van der Waals surface area contributed by atoms with E-state index in [9.17, 15) is 4.79 Å². The summed E-state index contributed by atoms with van der Waals surface area (Å²) in [6.45, 7) is 4.31. The van der Waals surface area contributed by atoms with Crippen LogP contribution in [0.25, 0.3) is 0 Å². The minimum atomic E-state index is -0.918. The number of carboxylic acid groups (broad SMARTS) is 1. The van der Waals surface area contributed by atoms with Crippen LogP contribution in [-0.2, 0) is 0 Å². The lowest BCUT2D eigenvalue weighted by molar-refractivity contribution is 0.0698. The van der Waals surface area contributed by atoms with Crippen LogP contribution in [0.1, 0.15) is 30.6 Å². The molecule has 0 bridgehead atoms. The van der Waals surface area contributed by atoms with E-state index in [1.54, 1.807) is 6.20 Å². The van der Waals surface area contributed by atoms with Crippen LogP contribution in [0.15, 0.2) is 18.5 Å². The van der Waals surface area contributed by atoms with E-state index in [4.69, 9.17) is 5.11 Å². The first-order valence-corrected chi connectivity index (χ1v) is 4.94. The lowest BCUT2D eigenvalue weighted by Crippen LogP contribution is -2.12. The summed E-state index contributed by atoms with van der Waals surface area (Å²) in [7, 11) is 0. The Labute approximate surface area is 88.3 Å². The van der Waals surface area contributed by atoms with E-state index in [1.165, 1.54) is 12.3 Å². The van der Waals surface area contributed by atoms with Gasteiger partial charge in [-0.05, 0) is 17.9 Å². The molecule has 0 spiro atoms. The van der Waals surface area contributed by atoms with Crippen LogP contribution in [0.4, 0.5) is 5.69 Å². The predicted molar refractivity (Wildman–Crippen MR) is 57.0 cm³/mol. The first kappa shape index (κ1) is 9.96. The van der Waals surface area contributed by atoms with Crippen molar-refractivity contribution in [3.63, 3.8) is 0 Å². The number of pyridine rings is 1. The Morgan fingerprint density at radius 1 is 1.67 bits per heavy atom. The van der Waals surface area contributed by atoms with Gasteiger partial charge in [0.1, 0.15) is 0 Å². The molecule has 1 saturated carbocycles. The Morgan fingerprint density at radius 2 is 2.33 bits per heavy atom. The Morgan fingerprint density at radius 3 is 2.87 bits per heavy atom. The molecule has 15 heavy (non-hydrogen) atoms. The average Bonchev–Trinajstić information content (AvgIpc) is 2.74. The van der Waals surface area contributed by atoms with Gasteiger partial charge in [-0.2, -0.15) is 0 Å². The molecule has 1 aromatic heterocycles. The van der Waals surface area contributed by atoms with Crippen LogP contribution in [0.2, 0.25) is 0 Å². The van der Waals surface area contributed by atoms with Gasteiger partial charge in [-0.25, -0.2) is 4.79 Å². The molecule has 0 radical (unpaired) electrons. The maximum Gasteiger partial charge on any atom is 0.337 e. The number of aromatic carboxylic acids is 1. The van der Waals surface area contributed by atoms with Crippen molar-refractivity contribution in [1.29, 1.82) is 0 Å². The van der Waals surface area contributed by atoms with Crippen LogP contribution >= 0.6 is 0 Å². The molecule has 0 aliphatic heterocycles. The fourth-order valence-electron chi connectivity index (χ4n) is 1.60. The Balaban J connectivity index is 2.18. The monoisotopic (exact) mass is 206 g/mol. The van der Waals surface area contributed by atoms with Crippen molar-refractivity contribution in [3.8, 4) is 0 Å². The highest BCUT2D eigenvalue weighted by Gasteiger charge is 2.45. The van der Waals surface area contributed by atoms with Crippen molar-refractivity contribution in [2.75, 3.05) is 5.32 Å². The number of carbonyl (C=O) groups is 1. The first-order chi connectivity index (χ1) is 7.00. The van der Waals surface area contributed by atoms with E-state index in [0.717, 1.165) is 6.42 Å². The molecule has 4 heteroatoms. The second-order valence-electron chi connectivity index (χ2n) is 4.62. The molecule has 1 atom stereocenters. The summed E-state index contributed by atoms with van der Waals surface area (Å²) in [5.41, 5.74) is 1.17. The zero-order valence-electron chi connectivity index (χ0n) is 8.82. The van der Waals surface area contributed by atoms with E-state index in [1.807, 2.05) is 0 Å². The Bertz CT molecular complexity index is 401. The van der Waals surface area contributed by atoms with Crippen molar-refractivity contribution in [2.24, 2.45) is 5.41 Å². The van der Waals surface area contributed by atoms with Crippen molar-refractivity contribution < 1.29 is 9.90 Å². The van der Waals surface area contributed by atoms with Crippen molar-refractivity contribution in [2.45, 2.75) is 26.3 Å². The third-order valence-corrected chi connectivity index (χ3v) is 2.89. The lowest BCUT2D eigenvalue weighted by Gasteiger charge is -2.09. The first-order valence-electron chi connectivity index (χ1n) is 4.94. The lowest BCUT2D eigenvalue weighted by atomic mass is 10.1. The van der Waals surface area contributed by atoms with Crippen molar-refractivity contribution in [1.82, 2.24) is 4.98 Å². The molecule has 0 aromatic carbocycles. The maximum atomic E-state index is 10.9. The van der Waals surface area contributed by atoms with Gasteiger partial charge in [-0.15, -0.1) is 0 Å². The van der Waals surface area contributed by atoms with E-state index < -0.39 is 5.97 Å². The van der Waals surface area contributed by atoms with Crippen LogP contribution in [0, 0.1) is 5.41 Å². The van der Waals surface area contributed by atoms with E-state index >= 15 is 0 Å². The average molecular weight is 206 g/mol. The van der Waals surface area contributed by atoms with Gasteiger partial charge in [-0.3, -0.25) is 4.98 Å². The highest BCUT2D eigenvalue weighted by molar-refractivity contribution is 5.93. The molecule has 0 amide bonds. The maximum absolute atomic E-state index is 10.9. The largest absolute Gasteiger partial charge is 0.478 e. The number of carboxylic acids is 1. The molecule has 1 aromatic rings. The smallest absolute Gasteiger partial charge is 0.337 e. The molecule has 80 valence electrons. The van der Waals surface area contributed by atoms with Crippen LogP contribution < -0.4 is 5.32 Å². The fourth-order valence-corrected chi connectivity index (χ4v) is 1.60. The number of aromatic nitrogens is 1. The summed E-state index contributed by atoms with van der Waals surface area (Å²) in [5, 5.41) is 12.2. The molecular weight excluding hydrogens is 192 g/mol. The van der Waals surface area contributed by atoms with Gasteiger partial charge in [0.25, 0.3) is 0 Å². The number of anilines is 1. The second-order valence-corrected chi connectivity index (χ2v) is 4.62. The number of nitrogens with one attached hydrogen (secondary N) is 1. The van der Waals surface area contributed by atoms with Crippen LogP contribution in [-0.4, -0.2) is 22.1 Å². The Kier molecular flexibility index (Phi) is 2.14. The summed E-state index contributed by atoms with van der Waals surface area (Å²) in [4.78, 5) is 14.8. The summed E-state index contributed by atoms with van der Waals surface area (Å²) < 4.78 is 0. The number of hydrogen-bond acceptors (Lipinski definition) is 3. The van der Waals surface area contributed by atoms with E-state index in [0.29, 0.717) is 11.7 Å². The zero-order valence-corrected chi connectivity index (χ0v) is 8.82. The second kappa shape index (κ2) is 3.22. The summed E-state index contributed by atoms with van der Waals surface area (Å²) in [6, 6.07) is 1.87.